The first-order valence-electron chi connectivity index (χ1n) is 7.55. The Balaban J connectivity index is 2.01. The largest absolute Gasteiger partial charge is 0.305 e. The van der Waals surface area contributed by atoms with E-state index in [9.17, 15) is 4.79 Å². The summed E-state index contributed by atoms with van der Waals surface area (Å²) in [5, 5.41) is 3.62. The van der Waals surface area contributed by atoms with Crippen LogP contribution in [-0.2, 0) is 11.3 Å². The number of aromatic nitrogens is 2. The molecule has 118 valence electrons. The van der Waals surface area contributed by atoms with E-state index >= 15 is 0 Å². The van der Waals surface area contributed by atoms with Gasteiger partial charge in [-0.1, -0.05) is 49.7 Å². The molecular weight excluding hydrogens is 310 g/mol. The molecule has 4 nitrogen and oxygen atoms in total. The molecule has 3 rings (SSSR count). The molecule has 3 aromatic rings. The first-order valence-corrected chi connectivity index (χ1v) is 7.93. The maximum Gasteiger partial charge on any atom is 0.229 e. The Kier molecular flexibility index (Phi) is 4.35. The SMILES string of the molecule is CC(C)C(=O)Nc1nc2ccccc2n1Cc1ccc(Cl)cc1. The molecule has 1 aromatic heterocycles. The summed E-state index contributed by atoms with van der Waals surface area (Å²) >= 11 is 5.95. The van der Waals surface area contributed by atoms with Crippen LogP contribution in [0.15, 0.2) is 48.5 Å². The molecule has 0 saturated carbocycles. The third-order valence-corrected chi connectivity index (χ3v) is 3.92. The highest BCUT2D eigenvalue weighted by Gasteiger charge is 2.15. The van der Waals surface area contributed by atoms with Crippen molar-refractivity contribution >= 4 is 34.5 Å². The van der Waals surface area contributed by atoms with E-state index in [1.54, 1.807) is 0 Å². The van der Waals surface area contributed by atoms with Crippen molar-refractivity contribution in [1.82, 2.24) is 9.55 Å². The number of carbonyl (C=O) groups excluding carboxylic acids is 1. The van der Waals surface area contributed by atoms with E-state index < -0.39 is 0 Å². The van der Waals surface area contributed by atoms with Crippen LogP contribution < -0.4 is 5.32 Å². The van der Waals surface area contributed by atoms with Crippen molar-refractivity contribution in [1.29, 1.82) is 0 Å². The number of benzene rings is 2. The number of nitrogens with one attached hydrogen (secondary N) is 1. The lowest BCUT2D eigenvalue weighted by Crippen LogP contribution is -2.20. The molecule has 0 spiro atoms. The van der Waals surface area contributed by atoms with Gasteiger partial charge < -0.3 is 4.57 Å². The van der Waals surface area contributed by atoms with E-state index in [2.05, 4.69) is 10.3 Å². The predicted octanol–water partition coefficient (Wildman–Crippen LogP) is 4.33. The number of fused-ring (bicyclic) bond motifs is 1. The minimum absolute atomic E-state index is 0.0438. The lowest BCUT2D eigenvalue weighted by atomic mass is 10.2. The van der Waals surface area contributed by atoms with Crippen LogP contribution in [0.3, 0.4) is 0 Å². The number of halogens is 1. The second kappa shape index (κ2) is 6.42. The molecule has 0 unspecified atom stereocenters. The Morgan fingerprint density at radius 2 is 1.87 bits per heavy atom. The fraction of sp³-hybridized carbons (Fsp3) is 0.222. The third kappa shape index (κ3) is 3.37. The van der Waals surface area contributed by atoms with Gasteiger partial charge in [-0.2, -0.15) is 0 Å². The highest BCUT2D eigenvalue weighted by Crippen LogP contribution is 2.22. The van der Waals surface area contributed by atoms with Gasteiger partial charge in [-0.05, 0) is 29.8 Å². The number of amides is 1. The molecule has 2 aromatic carbocycles. The smallest absolute Gasteiger partial charge is 0.229 e. The van der Waals surface area contributed by atoms with E-state index in [1.807, 2.05) is 66.9 Å². The topological polar surface area (TPSA) is 46.9 Å². The van der Waals surface area contributed by atoms with E-state index in [0.717, 1.165) is 16.6 Å². The molecule has 0 aliphatic rings. The zero-order valence-corrected chi connectivity index (χ0v) is 13.8. The molecule has 5 heteroatoms. The molecular formula is C18H18ClN3O. The minimum Gasteiger partial charge on any atom is -0.305 e. The third-order valence-electron chi connectivity index (χ3n) is 3.67. The van der Waals surface area contributed by atoms with Gasteiger partial charge in [0.15, 0.2) is 0 Å². The lowest BCUT2D eigenvalue weighted by Gasteiger charge is -2.11. The van der Waals surface area contributed by atoms with Gasteiger partial charge in [0, 0.05) is 10.9 Å². The molecule has 0 saturated heterocycles. The zero-order chi connectivity index (χ0) is 16.4. The Bertz CT molecular complexity index is 837. The summed E-state index contributed by atoms with van der Waals surface area (Å²) in [5.74, 6) is 0.427. The summed E-state index contributed by atoms with van der Waals surface area (Å²) in [5.41, 5.74) is 2.94. The van der Waals surface area contributed by atoms with Crippen molar-refractivity contribution in [2.24, 2.45) is 5.92 Å². The number of hydrogen-bond donors (Lipinski definition) is 1. The van der Waals surface area contributed by atoms with Crippen molar-refractivity contribution in [2.75, 3.05) is 5.32 Å². The van der Waals surface area contributed by atoms with Crippen LogP contribution in [0.1, 0.15) is 19.4 Å². The van der Waals surface area contributed by atoms with Crippen LogP contribution in [-0.4, -0.2) is 15.5 Å². The number of carbonyl (C=O) groups is 1. The van der Waals surface area contributed by atoms with Gasteiger partial charge >= 0.3 is 0 Å². The molecule has 23 heavy (non-hydrogen) atoms. The van der Waals surface area contributed by atoms with Crippen LogP contribution in [0, 0.1) is 5.92 Å². The van der Waals surface area contributed by atoms with Gasteiger partial charge in [-0.15, -0.1) is 0 Å². The summed E-state index contributed by atoms with van der Waals surface area (Å²) in [6, 6.07) is 15.5. The number of imidazole rings is 1. The van der Waals surface area contributed by atoms with Gasteiger partial charge in [-0.3, -0.25) is 10.1 Å². The van der Waals surface area contributed by atoms with Crippen LogP contribution in [0.5, 0.6) is 0 Å². The summed E-state index contributed by atoms with van der Waals surface area (Å²) in [6.07, 6.45) is 0. The van der Waals surface area contributed by atoms with Crippen molar-refractivity contribution in [3.8, 4) is 0 Å². The molecule has 0 radical (unpaired) electrons. The molecule has 1 amide bonds. The highest BCUT2D eigenvalue weighted by molar-refractivity contribution is 6.30. The maximum atomic E-state index is 12.1. The van der Waals surface area contributed by atoms with Crippen molar-refractivity contribution in [2.45, 2.75) is 20.4 Å². The normalized spacial score (nSPS) is 11.1. The summed E-state index contributed by atoms with van der Waals surface area (Å²) in [6.45, 7) is 4.34. The molecule has 0 aliphatic carbocycles. The highest BCUT2D eigenvalue weighted by atomic mass is 35.5. The van der Waals surface area contributed by atoms with Gasteiger partial charge in [0.05, 0.1) is 17.6 Å². The molecule has 0 fully saturated rings. The van der Waals surface area contributed by atoms with Crippen LogP contribution >= 0.6 is 11.6 Å². The van der Waals surface area contributed by atoms with Crippen molar-refractivity contribution in [3.63, 3.8) is 0 Å². The molecule has 1 N–H and O–H groups in total. The van der Waals surface area contributed by atoms with Gasteiger partial charge in [0.2, 0.25) is 11.9 Å². The van der Waals surface area contributed by atoms with Gasteiger partial charge in [-0.25, -0.2) is 4.98 Å². The fourth-order valence-electron chi connectivity index (χ4n) is 2.36. The zero-order valence-electron chi connectivity index (χ0n) is 13.1. The Hall–Kier alpha value is -2.33. The second-order valence-corrected chi connectivity index (χ2v) is 6.22. The van der Waals surface area contributed by atoms with E-state index in [0.29, 0.717) is 17.5 Å². The lowest BCUT2D eigenvalue weighted by molar-refractivity contribution is -0.118. The summed E-state index contributed by atoms with van der Waals surface area (Å²) in [4.78, 5) is 16.6. The number of rotatable bonds is 4. The van der Waals surface area contributed by atoms with Crippen LogP contribution in [0.25, 0.3) is 11.0 Å². The average Bonchev–Trinajstić information content (AvgIpc) is 2.87. The Morgan fingerprint density at radius 3 is 2.57 bits per heavy atom. The average molecular weight is 328 g/mol. The second-order valence-electron chi connectivity index (χ2n) is 5.78. The minimum atomic E-state index is -0.0983. The quantitative estimate of drug-likeness (QED) is 0.775. The number of anilines is 1. The Morgan fingerprint density at radius 1 is 1.17 bits per heavy atom. The summed E-state index contributed by atoms with van der Waals surface area (Å²) in [7, 11) is 0. The molecule has 0 aliphatic heterocycles. The standard InChI is InChI=1S/C18H18ClN3O/c1-12(2)17(23)21-18-20-15-5-3-4-6-16(15)22(18)11-13-7-9-14(19)10-8-13/h3-10,12H,11H2,1-2H3,(H,20,21,23). The number of para-hydroxylation sites is 2. The first-order chi connectivity index (χ1) is 11.0. The van der Waals surface area contributed by atoms with Crippen LogP contribution in [0.2, 0.25) is 5.02 Å². The fourth-order valence-corrected chi connectivity index (χ4v) is 2.48. The van der Waals surface area contributed by atoms with Crippen LogP contribution in [0.4, 0.5) is 5.95 Å². The first kappa shape index (κ1) is 15.6. The van der Waals surface area contributed by atoms with E-state index in [4.69, 9.17) is 11.6 Å². The molecule has 0 bridgehead atoms. The van der Waals surface area contributed by atoms with E-state index in [-0.39, 0.29) is 11.8 Å². The summed E-state index contributed by atoms with van der Waals surface area (Å²) < 4.78 is 2.01. The monoisotopic (exact) mass is 327 g/mol. The maximum absolute atomic E-state index is 12.1. The molecule has 1 heterocycles. The number of hydrogen-bond acceptors (Lipinski definition) is 2. The Labute approximate surface area is 140 Å². The van der Waals surface area contributed by atoms with Crippen molar-refractivity contribution < 1.29 is 4.79 Å². The van der Waals surface area contributed by atoms with Crippen molar-refractivity contribution in [3.05, 3.63) is 59.1 Å². The number of nitrogens with zero attached hydrogens (tertiary/aromatic N) is 2. The van der Waals surface area contributed by atoms with E-state index in [1.165, 1.54) is 0 Å². The van der Waals surface area contributed by atoms with Gasteiger partial charge in [0.1, 0.15) is 0 Å². The van der Waals surface area contributed by atoms with Gasteiger partial charge in [0.25, 0.3) is 0 Å². The predicted molar refractivity (Wildman–Crippen MR) is 93.8 cm³/mol. The molecule has 0 atom stereocenters.